The lowest BCUT2D eigenvalue weighted by molar-refractivity contribution is 0.103. The maximum Gasteiger partial charge on any atom is 0.195 e. The topological polar surface area (TPSA) is 43.1 Å². The average molecular weight is 274 g/mol. The molecule has 0 unspecified atom stereocenters. The lowest BCUT2D eigenvalue weighted by Crippen LogP contribution is -2.08. The SMILES string of the molecule is Cc1cc(C)c(C(=O)c2cc(N)ccc2Cl)c(C)c1. The van der Waals surface area contributed by atoms with E-state index in [9.17, 15) is 4.79 Å². The van der Waals surface area contributed by atoms with Gasteiger partial charge in [0.1, 0.15) is 0 Å². The minimum Gasteiger partial charge on any atom is -0.399 e. The van der Waals surface area contributed by atoms with Gasteiger partial charge in [0.15, 0.2) is 5.78 Å². The van der Waals surface area contributed by atoms with Gasteiger partial charge in [0.2, 0.25) is 0 Å². The van der Waals surface area contributed by atoms with Crippen LogP contribution >= 0.6 is 11.6 Å². The highest BCUT2D eigenvalue weighted by molar-refractivity contribution is 6.35. The molecule has 2 N–H and O–H groups in total. The van der Waals surface area contributed by atoms with Crippen LogP contribution in [0, 0.1) is 20.8 Å². The second-order valence-electron chi connectivity index (χ2n) is 4.84. The van der Waals surface area contributed by atoms with Crippen molar-refractivity contribution in [2.75, 3.05) is 5.73 Å². The number of anilines is 1. The van der Waals surface area contributed by atoms with Crippen molar-refractivity contribution in [2.24, 2.45) is 0 Å². The molecule has 2 aromatic rings. The number of hydrogen-bond acceptors (Lipinski definition) is 2. The van der Waals surface area contributed by atoms with E-state index in [0.717, 1.165) is 16.7 Å². The van der Waals surface area contributed by atoms with Crippen molar-refractivity contribution in [2.45, 2.75) is 20.8 Å². The van der Waals surface area contributed by atoms with Crippen LogP contribution in [0.25, 0.3) is 0 Å². The number of hydrogen-bond donors (Lipinski definition) is 1. The van der Waals surface area contributed by atoms with Crippen molar-refractivity contribution in [1.82, 2.24) is 0 Å². The molecule has 0 aliphatic rings. The molecule has 0 aliphatic heterocycles. The normalized spacial score (nSPS) is 10.5. The minimum absolute atomic E-state index is 0.0766. The zero-order valence-corrected chi connectivity index (χ0v) is 12.0. The van der Waals surface area contributed by atoms with E-state index in [0.29, 0.717) is 21.8 Å². The highest BCUT2D eigenvalue weighted by Gasteiger charge is 2.17. The molecule has 0 atom stereocenters. The predicted octanol–water partition coefficient (Wildman–Crippen LogP) is 4.08. The van der Waals surface area contributed by atoms with Crippen LogP contribution < -0.4 is 5.73 Å². The van der Waals surface area contributed by atoms with E-state index in [-0.39, 0.29) is 5.78 Å². The zero-order chi connectivity index (χ0) is 14.2. The fraction of sp³-hybridized carbons (Fsp3) is 0.188. The zero-order valence-electron chi connectivity index (χ0n) is 11.3. The molecule has 0 spiro atoms. The summed E-state index contributed by atoms with van der Waals surface area (Å²) >= 11 is 6.10. The van der Waals surface area contributed by atoms with Crippen LogP contribution in [0.5, 0.6) is 0 Å². The van der Waals surface area contributed by atoms with Gasteiger partial charge in [0.25, 0.3) is 0 Å². The van der Waals surface area contributed by atoms with Crippen molar-refractivity contribution in [3.05, 3.63) is 63.2 Å². The van der Waals surface area contributed by atoms with Crippen LogP contribution in [-0.4, -0.2) is 5.78 Å². The maximum absolute atomic E-state index is 12.6. The van der Waals surface area contributed by atoms with Crippen LogP contribution in [0.15, 0.2) is 30.3 Å². The van der Waals surface area contributed by atoms with Gasteiger partial charge in [-0.2, -0.15) is 0 Å². The van der Waals surface area contributed by atoms with Crippen molar-refractivity contribution in [3.63, 3.8) is 0 Å². The van der Waals surface area contributed by atoms with Crippen molar-refractivity contribution in [3.8, 4) is 0 Å². The summed E-state index contributed by atoms with van der Waals surface area (Å²) in [6, 6.07) is 8.97. The molecular weight excluding hydrogens is 258 g/mol. The van der Waals surface area contributed by atoms with E-state index in [4.69, 9.17) is 17.3 Å². The van der Waals surface area contributed by atoms with Crippen LogP contribution in [0.4, 0.5) is 5.69 Å². The Hall–Kier alpha value is -1.80. The summed E-state index contributed by atoms with van der Waals surface area (Å²) in [5.74, 6) is -0.0766. The van der Waals surface area contributed by atoms with E-state index in [1.165, 1.54) is 0 Å². The molecule has 0 bridgehead atoms. The lowest BCUT2D eigenvalue weighted by atomic mass is 9.93. The number of carbonyl (C=O) groups is 1. The van der Waals surface area contributed by atoms with Gasteiger partial charge in [-0.3, -0.25) is 4.79 Å². The first-order valence-corrected chi connectivity index (χ1v) is 6.45. The summed E-state index contributed by atoms with van der Waals surface area (Å²) < 4.78 is 0. The molecule has 0 aliphatic carbocycles. The monoisotopic (exact) mass is 273 g/mol. The van der Waals surface area contributed by atoms with E-state index < -0.39 is 0 Å². The lowest BCUT2D eigenvalue weighted by Gasteiger charge is -2.11. The third-order valence-corrected chi connectivity index (χ3v) is 3.47. The van der Waals surface area contributed by atoms with E-state index in [2.05, 4.69) is 0 Å². The number of benzene rings is 2. The van der Waals surface area contributed by atoms with Gasteiger partial charge in [-0.05, 0) is 50.1 Å². The molecule has 19 heavy (non-hydrogen) atoms. The molecule has 3 heteroatoms. The van der Waals surface area contributed by atoms with Crippen molar-refractivity contribution < 1.29 is 4.79 Å². The third kappa shape index (κ3) is 2.64. The highest BCUT2D eigenvalue weighted by atomic mass is 35.5. The van der Waals surface area contributed by atoms with Crippen molar-refractivity contribution >= 4 is 23.1 Å². The maximum atomic E-state index is 12.6. The number of ketones is 1. The number of rotatable bonds is 2. The number of nitrogens with two attached hydrogens (primary N) is 1. The van der Waals surface area contributed by atoms with Crippen LogP contribution in [0.3, 0.4) is 0 Å². The Bertz CT molecular complexity index is 639. The Morgan fingerprint density at radius 3 is 2.21 bits per heavy atom. The Kier molecular flexibility index (Phi) is 3.63. The molecule has 2 aromatic carbocycles. The highest BCUT2D eigenvalue weighted by Crippen LogP contribution is 2.25. The Morgan fingerprint density at radius 1 is 1.05 bits per heavy atom. The number of carbonyl (C=O) groups excluding carboxylic acids is 1. The van der Waals surface area contributed by atoms with Crippen molar-refractivity contribution in [1.29, 1.82) is 0 Å². The third-order valence-electron chi connectivity index (χ3n) is 3.14. The largest absolute Gasteiger partial charge is 0.399 e. The van der Waals surface area contributed by atoms with Gasteiger partial charge in [0.05, 0.1) is 5.02 Å². The number of halogens is 1. The fourth-order valence-corrected chi connectivity index (χ4v) is 2.59. The first-order valence-electron chi connectivity index (χ1n) is 6.07. The van der Waals surface area contributed by atoms with Gasteiger partial charge in [-0.25, -0.2) is 0 Å². The molecule has 2 rings (SSSR count). The molecule has 0 heterocycles. The van der Waals surface area contributed by atoms with Gasteiger partial charge in [0, 0.05) is 16.8 Å². The Balaban J connectivity index is 2.59. The van der Waals surface area contributed by atoms with Gasteiger partial charge >= 0.3 is 0 Å². The smallest absolute Gasteiger partial charge is 0.195 e. The molecule has 0 aromatic heterocycles. The summed E-state index contributed by atoms with van der Waals surface area (Å²) in [4.78, 5) is 12.6. The molecule has 0 amide bonds. The summed E-state index contributed by atoms with van der Waals surface area (Å²) in [5.41, 5.74) is 10.5. The fourth-order valence-electron chi connectivity index (χ4n) is 2.39. The number of aryl methyl sites for hydroxylation is 3. The van der Waals surface area contributed by atoms with Crippen LogP contribution in [0.2, 0.25) is 5.02 Å². The average Bonchev–Trinajstić information content (AvgIpc) is 2.30. The quantitative estimate of drug-likeness (QED) is 0.662. The summed E-state index contributed by atoms with van der Waals surface area (Å²) in [6.07, 6.45) is 0. The summed E-state index contributed by atoms with van der Waals surface area (Å²) in [5, 5.41) is 0.429. The van der Waals surface area contributed by atoms with Crippen LogP contribution in [0.1, 0.15) is 32.6 Å². The first-order chi connectivity index (χ1) is 8.90. The van der Waals surface area contributed by atoms with Gasteiger partial charge in [-0.15, -0.1) is 0 Å². The Morgan fingerprint density at radius 2 is 1.63 bits per heavy atom. The molecule has 0 saturated heterocycles. The van der Waals surface area contributed by atoms with Gasteiger partial charge in [-0.1, -0.05) is 29.3 Å². The van der Waals surface area contributed by atoms with E-state index in [1.54, 1.807) is 18.2 Å². The van der Waals surface area contributed by atoms with Crippen LogP contribution in [-0.2, 0) is 0 Å². The molecule has 0 radical (unpaired) electrons. The Labute approximate surface area is 118 Å². The molecular formula is C16H16ClNO. The predicted molar refractivity (Wildman–Crippen MR) is 79.9 cm³/mol. The van der Waals surface area contributed by atoms with E-state index in [1.807, 2.05) is 32.9 Å². The standard InChI is InChI=1S/C16H16ClNO/c1-9-6-10(2)15(11(3)7-9)16(19)13-8-12(18)4-5-14(13)17/h4-8H,18H2,1-3H3. The summed E-state index contributed by atoms with van der Waals surface area (Å²) in [6.45, 7) is 5.89. The molecule has 98 valence electrons. The van der Waals surface area contributed by atoms with E-state index >= 15 is 0 Å². The summed E-state index contributed by atoms with van der Waals surface area (Å²) in [7, 11) is 0. The molecule has 2 nitrogen and oxygen atoms in total. The second kappa shape index (κ2) is 5.06. The number of nitrogen functional groups attached to an aromatic ring is 1. The molecule has 0 saturated carbocycles. The van der Waals surface area contributed by atoms with Gasteiger partial charge < -0.3 is 5.73 Å². The molecule has 0 fully saturated rings. The first kappa shape index (κ1) is 13.6. The second-order valence-corrected chi connectivity index (χ2v) is 5.25. The minimum atomic E-state index is -0.0766.